The average Bonchev–Trinajstić information content (AvgIpc) is 2.36. The van der Waals surface area contributed by atoms with Gasteiger partial charge in [-0.25, -0.2) is 8.78 Å². The molecule has 6 heteroatoms. The Morgan fingerprint density at radius 2 is 1.94 bits per heavy atom. The number of nitrogens with one attached hydrogen (secondary N) is 1. The highest BCUT2D eigenvalue weighted by Gasteiger charge is 2.20. The van der Waals surface area contributed by atoms with Crippen LogP contribution >= 0.6 is 15.9 Å². The predicted molar refractivity (Wildman–Crippen MR) is 63.3 cm³/mol. The van der Waals surface area contributed by atoms with Crippen molar-refractivity contribution in [2.24, 2.45) is 0 Å². The monoisotopic (exact) mass is 304 g/mol. The van der Waals surface area contributed by atoms with E-state index in [4.69, 9.17) is 10.1 Å². The van der Waals surface area contributed by atoms with Crippen molar-refractivity contribution in [3.8, 4) is 0 Å². The van der Waals surface area contributed by atoms with E-state index in [1.165, 1.54) is 6.07 Å². The lowest BCUT2D eigenvalue weighted by atomic mass is 10.1. The van der Waals surface area contributed by atoms with E-state index in [-0.39, 0.29) is 10.3 Å². The first-order valence-electron chi connectivity index (χ1n) is 5.16. The third-order valence-electron chi connectivity index (χ3n) is 2.62. The third kappa shape index (κ3) is 2.47. The molecule has 0 amide bonds. The minimum Gasteiger partial charge on any atom is -0.378 e. The molecule has 2 rings (SSSR count). The first-order chi connectivity index (χ1) is 8.11. The van der Waals surface area contributed by atoms with Gasteiger partial charge < -0.3 is 9.64 Å². The van der Waals surface area contributed by atoms with E-state index >= 15 is 0 Å². The van der Waals surface area contributed by atoms with E-state index in [9.17, 15) is 8.78 Å². The second kappa shape index (κ2) is 5.10. The van der Waals surface area contributed by atoms with Gasteiger partial charge in [0, 0.05) is 18.7 Å². The third-order valence-corrected chi connectivity index (χ3v) is 3.39. The van der Waals surface area contributed by atoms with Crippen LogP contribution in [-0.4, -0.2) is 37.0 Å². The van der Waals surface area contributed by atoms with Gasteiger partial charge in [-0.2, -0.15) is 0 Å². The summed E-state index contributed by atoms with van der Waals surface area (Å²) in [6.07, 6.45) is 0. The first-order valence-corrected chi connectivity index (χ1v) is 5.95. The molecule has 17 heavy (non-hydrogen) atoms. The Labute approximate surface area is 106 Å². The fraction of sp³-hybridized carbons (Fsp3) is 0.364. The lowest BCUT2D eigenvalue weighted by Gasteiger charge is -2.29. The van der Waals surface area contributed by atoms with Gasteiger partial charge >= 0.3 is 0 Å². The molecule has 0 unspecified atom stereocenters. The van der Waals surface area contributed by atoms with Crippen molar-refractivity contribution in [1.29, 1.82) is 5.41 Å². The average molecular weight is 305 g/mol. The molecule has 3 nitrogen and oxygen atoms in total. The van der Waals surface area contributed by atoms with Crippen LogP contribution in [0.3, 0.4) is 0 Å². The van der Waals surface area contributed by atoms with Gasteiger partial charge in [0.05, 0.1) is 17.7 Å². The molecule has 0 aliphatic carbocycles. The highest BCUT2D eigenvalue weighted by atomic mass is 79.9. The Bertz CT molecular complexity index is 447. The molecule has 0 bridgehead atoms. The molecule has 0 saturated carbocycles. The largest absolute Gasteiger partial charge is 0.378 e. The molecule has 0 radical (unpaired) electrons. The molecule has 1 aromatic rings. The van der Waals surface area contributed by atoms with Gasteiger partial charge in [0.15, 0.2) is 11.6 Å². The Balaban J connectivity index is 2.27. The van der Waals surface area contributed by atoms with Crippen molar-refractivity contribution in [3.05, 3.63) is 33.8 Å². The summed E-state index contributed by atoms with van der Waals surface area (Å²) < 4.78 is 31.5. The number of amidine groups is 1. The maximum atomic E-state index is 13.4. The molecule has 0 aromatic heterocycles. The van der Waals surface area contributed by atoms with E-state index in [2.05, 4.69) is 15.9 Å². The molecule has 1 heterocycles. The van der Waals surface area contributed by atoms with Crippen molar-refractivity contribution in [3.63, 3.8) is 0 Å². The molecular weight excluding hydrogens is 294 g/mol. The van der Waals surface area contributed by atoms with Gasteiger partial charge in [0.1, 0.15) is 5.84 Å². The number of morpholine rings is 1. The van der Waals surface area contributed by atoms with Crippen LogP contribution in [0.15, 0.2) is 16.6 Å². The number of hydrogen-bond acceptors (Lipinski definition) is 2. The summed E-state index contributed by atoms with van der Waals surface area (Å²) in [7, 11) is 0. The Kier molecular flexibility index (Phi) is 3.73. The van der Waals surface area contributed by atoms with E-state index in [1.807, 2.05) is 0 Å². The summed E-state index contributed by atoms with van der Waals surface area (Å²) >= 11 is 2.98. The minimum atomic E-state index is -0.958. The van der Waals surface area contributed by atoms with Crippen LogP contribution in [0.5, 0.6) is 0 Å². The zero-order chi connectivity index (χ0) is 12.4. The highest BCUT2D eigenvalue weighted by molar-refractivity contribution is 9.10. The fourth-order valence-corrected chi connectivity index (χ4v) is 2.18. The normalized spacial score (nSPS) is 16.1. The summed E-state index contributed by atoms with van der Waals surface area (Å²) in [5.74, 6) is -1.70. The quantitative estimate of drug-likeness (QED) is 0.491. The van der Waals surface area contributed by atoms with Gasteiger partial charge in [-0.15, -0.1) is 0 Å². The lowest BCUT2D eigenvalue weighted by molar-refractivity contribution is 0.0679. The molecule has 1 aliphatic heterocycles. The van der Waals surface area contributed by atoms with Crippen LogP contribution in [-0.2, 0) is 4.74 Å². The molecule has 1 aliphatic rings. The topological polar surface area (TPSA) is 36.3 Å². The van der Waals surface area contributed by atoms with Crippen LogP contribution in [0.4, 0.5) is 8.78 Å². The van der Waals surface area contributed by atoms with E-state index < -0.39 is 11.6 Å². The Hall–Kier alpha value is -1.01. The molecule has 1 N–H and O–H groups in total. The highest BCUT2D eigenvalue weighted by Crippen LogP contribution is 2.24. The molecule has 1 aromatic carbocycles. The van der Waals surface area contributed by atoms with Gasteiger partial charge in [-0.1, -0.05) is 0 Å². The summed E-state index contributed by atoms with van der Waals surface area (Å²) in [5.41, 5.74) is 0.353. The van der Waals surface area contributed by atoms with Crippen molar-refractivity contribution < 1.29 is 13.5 Å². The van der Waals surface area contributed by atoms with Crippen LogP contribution in [0.25, 0.3) is 0 Å². The first kappa shape index (κ1) is 12.4. The maximum absolute atomic E-state index is 13.4. The maximum Gasteiger partial charge on any atom is 0.173 e. The zero-order valence-electron chi connectivity index (χ0n) is 8.97. The zero-order valence-corrected chi connectivity index (χ0v) is 10.6. The van der Waals surface area contributed by atoms with Gasteiger partial charge in [-0.05, 0) is 28.1 Å². The van der Waals surface area contributed by atoms with E-state index in [0.717, 1.165) is 6.07 Å². The lowest BCUT2D eigenvalue weighted by Crippen LogP contribution is -2.40. The molecule has 0 atom stereocenters. The molecule has 92 valence electrons. The molecule has 1 saturated heterocycles. The summed E-state index contributed by atoms with van der Waals surface area (Å²) in [6.45, 7) is 2.27. The number of hydrogen-bond donors (Lipinski definition) is 1. The van der Waals surface area contributed by atoms with E-state index in [0.29, 0.717) is 31.9 Å². The number of nitrogens with zero attached hydrogens (tertiary/aromatic N) is 1. The van der Waals surface area contributed by atoms with Crippen LogP contribution in [0.2, 0.25) is 0 Å². The Morgan fingerprint density at radius 3 is 2.59 bits per heavy atom. The van der Waals surface area contributed by atoms with Crippen LogP contribution in [0, 0.1) is 17.0 Å². The summed E-state index contributed by atoms with van der Waals surface area (Å²) in [5, 5.41) is 7.98. The predicted octanol–water partition coefficient (Wildman–Crippen LogP) is 2.38. The van der Waals surface area contributed by atoms with Crippen molar-refractivity contribution in [2.75, 3.05) is 26.3 Å². The van der Waals surface area contributed by atoms with Gasteiger partial charge in [-0.3, -0.25) is 5.41 Å². The second-order valence-corrected chi connectivity index (χ2v) is 4.46. The molecular formula is C11H11BrF2N2O. The van der Waals surface area contributed by atoms with Crippen molar-refractivity contribution in [2.45, 2.75) is 0 Å². The van der Waals surface area contributed by atoms with Crippen molar-refractivity contribution >= 4 is 21.8 Å². The van der Waals surface area contributed by atoms with Crippen molar-refractivity contribution in [1.82, 2.24) is 4.90 Å². The van der Waals surface area contributed by atoms with Crippen LogP contribution < -0.4 is 0 Å². The Morgan fingerprint density at radius 1 is 1.29 bits per heavy atom. The second-order valence-electron chi connectivity index (χ2n) is 3.67. The van der Waals surface area contributed by atoms with E-state index in [1.54, 1.807) is 4.90 Å². The smallest absolute Gasteiger partial charge is 0.173 e. The minimum absolute atomic E-state index is 0.00556. The number of halogens is 3. The van der Waals surface area contributed by atoms with Gasteiger partial charge in [0.2, 0.25) is 0 Å². The molecule has 0 spiro atoms. The van der Waals surface area contributed by atoms with Crippen LogP contribution in [0.1, 0.15) is 5.56 Å². The fourth-order valence-electron chi connectivity index (χ4n) is 1.67. The molecule has 1 fully saturated rings. The number of ether oxygens (including phenoxy) is 1. The SMILES string of the molecule is N=C(c1ccc(F)c(F)c1Br)N1CCOCC1. The standard InChI is InChI=1S/C11H11BrF2N2O/c12-9-7(1-2-8(13)10(9)14)11(15)16-3-5-17-6-4-16/h1-2,15H,3-6H2. The summed E-state index contributed by atoms with van der Waals surface area (Å²) in [4.78, 5) is 1.78. The van der Waals surface area contributed by atoms with Gasteiger partial charge in [0.25, 0.3) is 0 Å². The number of benzene rings is 1. The number of rotatable bonds is 1. The summed E-state index contributed by atoms with van der Waals surface area (Å²) in [6, 6.07) is 2.44.